The zero-order valence-electron chi connectivity index (χ0n) is 3.46. The first-order valence-corrected chi connectivity index (χ1v) is 1.28. The molecule has 0 aliphatic rings. The molecule has 1 N–H and O–H groups in total. The summed E-state index contributed by atoms with van der Waals surface area (Å²) in [5.74, 6) is 0. The molecule has 7 heavy (non-hydrogen) atoms. The quantitative estimate of drug-likeness (QED) is 0.423. The van der Waals surface area contributed by atoms with Crippen molar-refractivity contribution in [1.82, 2.24) is 0 Å². The van der Waals surface area contributed by atoms with E-state index in [2.05, 4.69) is 11.3 Å². The number of hydrogen-bond donors (Lipinski definition) is 1. The normalized spacial score (nSPS) is 5.71. The average molecular weight is 125 g/mol. The molecule has 0 aromatic rings. The van der Waals surface area contributed by atoms with E-state index in [4.69, 9.17) is 5.11 Å². The summed E-state index contributed by atoms with van der Waals surface area (Å²) in [6.45, 7) is 3.00. The summed E-state index contributed by atoms with van der Waals surface area (Å²) in [7, 11) is 0. The van der Waals surface area contributed by atoms with Gasteiger partial charge in [0, 0.05) is 0 Å². The van der Waals surface area contributed by atoms with Crippen LogP contribution in [0.1, 0.15) is 0 Å². The monoisotopic (exact) mass is 124 g/mol. The highest BCUT2D eigenvalue weighted by molar-refractivity contribution is 5.85. The Bertz CT molecular complexity index is 70.6. The maximum absolute atomic E-state index is 9.31. The van der Waals surface area contributed by atoms with Crippen molar-refractivity contribution in [3.8, 4) is 0 Å². The van der Waals surface area contributed by atoms with Crippen LogP contribution in [0, 0.1) is 0 Å². The zero-order valence-corrected chi connectivity index (χ0v) is 4.27. The third-order valence-corrected chi connectivity index (χ3v) is 0.184. The Kier molecular flexibility index (Phi) is 7.25. The molecule has 0 heterocycles. The molecule has 0 saturated heterocycles. The third kappa shape index (κ3) is 10.9. The number of rotatable bonds is 1. The van der Waals surface area contributed by atoms with Gasteiger partial charge in [0.05, 0.1) is 6.26 Å². The minimum Gasteiger partial charge on any atom is -0.449 e. The second kappa shape index (κ2) is 5.30. The first-order valence-electron chi connectivity index (χ1n) is 1.28. The Morgan fingerprint density at radius 1 is 1.86 bits per heavy atom. The van der Waals surface area contributed by atoms with Gasteiger partial charge >= 0.3 is 6.16 Å². The summed E-state index contributed by atoms with van der Waals surface area (Å²) in [4.78, 5) is 9.31. The summed E-state index contributed by atoms with van der Waals surface area (Å²) in [5, 5.41) is 7.62. The molecule has 42 valence electrons. The summed E-state index contributed by atoms with van der Waals surface area (Å²) >= 11 is 0. The molecule has 0 bridgehead atoms. The van der Waals surface area contributed by atoms with Crippen molar-refractivity contribution in [2.24, 2.45) is 0 Å². The molecule has 3 nitrogen and oxygen atoms in total. The van der Waals surface area contributed by atoms with E-state index < -0.39 is 6.16 Å². The van der Waals surface area contributed by atoms with E-state index in [-0.39, 0.29) is 12.4 Å². The molecular formula is C3H5ClO3. The van der Waals surface area contributed by atoms with Crippen molar-refractivity contribution in [3.05, 3.63) is 12.8 Å². The fraction of sp³-hybridized carbons (Fsp3) is 0. The molecule has 0 atom stereocenters. The van der Waals surface area contributed by atoms with E-state index in [9.17, 15) is 4.79 Å². The number of hydrogen-bond acceptors (Lipinski definition) is 2. The van der Waals surface area contributed by atoms with E-state index in [1.54, 1.807) is 0 Å². The lowest BCUT2D eigenvalue weighted by Crippen LogP contribution is -1.89. The predicted octanol–water partition coefficient (Wildman–Crippen LogP) is 1.25. The molecule has 0 aromatic carbocycles. The van der Waals surface area contributed by atoms with Crippen LogP contribution in [0.2, 0.25) is 0 Å². The Balaban J connectivity index is 0. The maximum Gasteiger partial charge on any atom is 0.510 e. The highest BCUT2D eigenvalue weighted by Gasteiger charge is 1.84. The van der Waals surface area contributed by atoms with Crippen molar-refractivity contribution in [1.29, 1.82) is 0 Å². The average Bonchev–Trinajstić information content (AvgIpc) is 1.35. The lowest BCUT2D eigenvalue weighted by Gasteiger charge is -1.81. The highest BCUT2D eigenvalue weighted by Crippen LogP contribution is 1.70. The van der Waals surface area contributed by atoms with Gasteiger partial charge in [-0.3, -0.25) is 0 Å². The lowest BCUT2D eigenvalue weighted by atomic mass is 11.1. The SMILES string of the molecule is C=COC(=O)O.Cl. The molecule has 0 aliphatic carbocycles. The third-order valence-electron chi connectivity index (χ3n) is 0.184. The van der Waals surface area contributed by atoms with Crippen LogP contribution in [0.25, 0.3) is 0 Å². The van der Waals surface area contributed by atoms with Gasteiger partial charge in [-0.15, -0.1) is 12.4 Å². The van der Waals surface area contributed by atoms with Gasteiger partial charge < -0.3 is 9.84 Å². The largest absolute Gasteiger partial charge is 0.510 e. The molecule has 0 saturated carbocycles. The van der Waals surface area contributed by atoms with Crippen LogP contribution < -0.4 is 0 Å². The lowest BCUT2D eigenvalue weighted by molar-refractivity contribution is 0.128. The molecule has 0 rings (SSSR count). The molecular weight excluding hydrogens is 119 g/mol. The molecule has 0 fully saturated rings. The Morgan fingerprint density at radius 3 is 2.29 bits per heavy atom. The van der Waals surface area contributed by atoms with Crippen LogP contribution in [-0.2, 0) is 4.74 Å². The van der Waals surface area contributed by atoms with Crippen molar-refractivity contribution in [3.63, 3.8) is 0 Å². The number of carbonyl (C=O) groups is 1. The molecule has 0 aliphatic heterocycles. The zero-order chi connectivity index (χ0) is 4.99. The van der Waals surface area contributed by atoms with Gasteiger partial charge in [-0.05, 0) is 0 Å². The van der Waals surface area contributed by atoms with E-state index in [1.807, 2.05) is 0 Å². The van der Waals surface area contributed by atoms with E-state index >= 15 is 0 Å². The first-order chi connectivity index (χ1) is 2.77. The van der Waals surface area contributed by atoms with Crippen molar-refractivity contribution in [2.75, 3.05) is 0 Å². The summed E-state index contributed by atoms with van der Waals surface area (Å²) in [5.41, 5.74) is 0. The Labute approximate surface area is 47.0 Å². The van der Waals surface area contributed by atoms with Crippen molar-refractivity contribution >= 4 is 18.6 Å². The molecule has 0 radical (unpaired) electrons. The van der Waals surface area contributed by atoms with Crippen LogP contribution in [0.15, 0.2) is 12.8 Å². The smallest absolute Gasteiger partial charge is 0.449 e. The Hall–Kier alpha value is -0.700. The minimum absolute atomic E-state index is 0. The summed E-state index contributed by atoms with van der Waals surface area (Å²) < 4.78 is 3.72. The standard InChI is InChI=1S/C3H4O3.ClH/c1-2-6-3(4)5;/h2H,1H2,(H,4,5);1H. The van der Waals surface area contributed by atoms with Gasteiger partial charge in [0.2, 0.25) is 0 Å². The topological polar surface area (TPSA) is 46.5 Å². The number of ether oxygens (including phenoxy) is 1. The number of carboxylic acid groups (broad SMARTS) is 1. The van der Waals surface area contributed by atoms with Gasteiger partial charge in [0.15, 0.2) is 0 Å². The van der Waals surface area contributed by atoms with Gasteiger partial charge in [0.25, 0.3) is 0 Å². The van der Waals surface area contributed by atoms with Gasteiger partial charge in [0.1, 0.15) is 0 Å². The van der Waals surface area contributed by atoms with Crippen LogP contribution in [-0.4, -0.2) is 11.3 Å². The first kappa shape index (κ1) is 9.57. The van der Waals surface area contributed by atoms with E-state index in [1.165, 1.54) is 0 Å². The molecule has 4 heteroatoms. The van der Waals surface area contributed by atoms with Crippen molar-refractivity contribution in [2.45, 2.75) is 0 Å². The van der Waals surface area contributed by atoms with Gasteiger partial charge in [-0.2, -0.15) is 0 Å². The van der Waals surface area contributed by atoms with Crippen LogP contribution >= 0.6 is 12.4 Å². The minimum atomic E-state index is -1.33. The molecule has 0 unspecified atom stereocenters. The fourth-order valence-electron chi connectivity index (χ4n) is 0.0713. The summed E-state index contributed by atoms with van der Waals surface area (Å²) in [6, 6.07) is 0. The van der Waals surface area contributed by atoms with Gasteiger partial charge in [-0.25, -0.2) is 4.79 Å². The maximum atomic E-state index is 9.31. The van der Waals surface area contributed by atoms with Crippen molar-refractivity contribution < 1.29 is 14.6 Å². The summed E-state index contributed by atoms with van der Waals surface area (Å²) in [6.07, 6.45) is -0.479. The van der Waals surface area contributed by atoms with Gasteiger partial charge in [-0.1, -0.05) is 6.58 Å². The molecule has 0 spiro atoms. The highest BCUT2D eigenvalue weighted by atomic mass is 35.5. The molecule has 0 aromatic heterocycles. The fourth-order valence-corrected chi connectivity index (χ4v) is 0.0713. The Morgan fingerprint density at radius 2 is 2.29 bits per heavy atom. The van der Waals surface area contributed by atoms with E-state index in [0.29, 0.717) is 0 Å². The van der Waals surface area contributed by atoms with Crippen LogP contribution in [0.5, 0.6) is 0 Å². The predicted molar refractivity (Wildman–Crippen MR) is 26.6 cm³/mol. The van der Waals surface area contributed by atoms with E-state index in [0.717, 1.165) is 6.26 Å². The van der Waals surface area contributed by atoms with Crippen LogP contribution in [0.3, 0.4) is 0 Å². The number of halogens is 1. The van der Waals surface area contributed by atoms with Crippen LogP contribution in [0.4, 0.5) is 4.79 Å². The second-order valence-electron chi connectivity index (χ2n) is 0.550. The second-order valence-corrected chi connectivity index (χ2v) is 0.550. The molecule has 0 amide bonds.